The average molecular weight is 377 g/mol. The van der Waals surface area contributed by atoms with Crippen molar-refractivity contribution in [1.82, 2.24) is 4.90 Å². The highest BCUT2D eigenvalue weighted by Crippen LogP contribution is 2.37. The molecule has 0 fully saturated rings. The Balaban J connectivity index is 3.31. The molecule has 23 heavy (non-hydrogen) atoms. The molecule has 1 rings (SSSR count). The van der Waals surface area contributed by atoms with Gasteiger partial charge in [-0.1, -0.05) is 5.92 Å². The molecule has 0 atom stereocenters. The third kappa shape index (κ3) is 5.05. The summed E-state index contributed by atoms with van der Waals surface area (Å²) < 4.78 is 11.6. The normalized spacial score (nSPS) is 10.4. The maximum atomic E-state index is 11.9. The van der Waals surface area contributed by atoms with Gasteiger partial charge in [0.1, 0.15) is 18.2 Å². The monoisotopic (exact) mass is 376 g/mol. The summed E-state index contributed by atoms with van der Waals surface area (Å²) in [6.45, 7) is 2.39. The second kappa shape index (κ2) is 8.87. The number of halogens is 1. The molecule has 0 aromatic heterocycles. The Morgan fingerprint density at radius 2 is 2.13 bits per heavy atom. The number of hydrogen-bond donors (Lipinski definition) is 0. The minimum absolute atomic E-state index is 0.0293. The lowest BCUT2D eigenvalue weighted by atomic mass is 10.1. The SMILES string of the molecule is C#CCOc1c(Br)cc(/C=C(/C#N)C(=O)N(C)C)cc1OCC. The predicted octanol–water partition coefficient (Wildman–Crippen LogP) is 2.85. The molecule has 0 bridgehead atoms. The summed E-state index contributed by atoms with van der Waals surface area (Å²) in [7, 11) is 3.18. The van der Waals surface area contributed by atoms with Gasteiger partial charge in [0.15, 0.2) is 11.5 Å². The third-order valence-corrected chi connectivity index (χ3v) is 3.29. The largest absolute Gasteiger partial charge is 0.490 e. The van der Waals surface area contributed by atoms with Gasteiger partial charge in [0.25, 0.3) is 5.91 Å². The number of terminal acetylenes is 1. The topological polar surface area (TPSA) is 62.6 Å². The van der Waals surface area contributed by atoms with E-state index in [9.17, 15) is 4.79 Å². The van der Waals surface area contributed by atoms with Gasteiger partial charge in [0.05, 0.1) is 11.1 Å². The number of nitrogens with zero attached hydrogens (tertiary/aromatic N) is 2. The zero-order chi connectivity index (χ0) is 17.4. The smallest absolute Gasteiger partial charge is 0.264 e. The van der Waals surface area contributed by atoms with E-state index in [1.54, 1.807) is 26.2 Å². The Labute approximate surface area is 144 Å². The maximum Gasteiger partial charge on any atom is 0.264 e. The zero-order valence-electron chi connectivity index (χ0n) is 13.2. The van der Waals surface area contributed by atoms with E-state index in [0.717, 1.165) is 0 Å². The fourth-order valence-electron chi connectivity index (χ4n) is 1.74. The number of carbonyl (C=O) groups is 1. The fraction of sp³-hybridized carbons (Fsp3) is 0.294. The lowest BCUT2D eigenvalue weighted by molar-refractivity contribution is -0.124. The number of benzene rings is 1. The van der Waals surface area contributed by atoms with Crippen LogP contribution in [-0.4, -0.2) is 38.1 Å². The quantitative estimate of drug-likeness (QED) is 0.435. The Kier molecular flexibility index (Phi) is 7.18. The number of ether oxygens (including phenoxy) is 2. The summed E-state index contributed by atoms with van der Waals surface area (Å²) in [5.41, 5.74) is 0.668. The molecule has 0 radical (unpaired) electrons. The molecule has 1 aromatic carbocycles. The molecule has 0 saturated carbocycles. The van der Waals surface area contributed by atoms with Crippen LogP contribution in [0.2, 0.25) is 0 Å². The van der Waals surface area contributed by atoms with Gasteiger partial charge in [-0.25, -0.2) is 0 Å². The van der Waals surface area contributed by atoms with Crippen LogP contribution >= 0.6 is 15.9 Å². The van der Waals surface area contributed by atoms with Crippen molar-refractivity contribution in [1.29, 1.82) is 5.26 Å². The lowest BCUT2D eigenvalue weighted by Gasteiger charge is -2.14. The zero-order valence-corrected chi connectivity index (χ0v) is 14.8. The molecule has 0 aliphatic rings. The summed E-state index contributed by atoms with van der Waals surface area (Å²) in [5, 5.41) is 9.16. The van der Waals surface area contributed by atoms with Crippen molar-refractivity contribution in [3.63, 3.8) is 0 Å². The lowest BCUT2D eigenvalue weighted by Crippen LogP contribution is -2.22. The van der Waals surface area contributed by atoms with Crippen LogP contribution in [-0.2, 0) is 4.79 Å². The molecule has 0 saturated heterocycles. The van der Waals surface area contributed by atoms with Crippen molar-refractivity contribution in [3.05, 3.63) is 27.7 Å². The van der Waals surface area contributed by atoms with Gasteiger partial charge in [-0.3, -0.25) is 4.79 Å². The molecular weight excluding hydrogens is 360 g/mol. The second-order valence-electron chi connectivity index (χ2n) is 4.63. The molecule has 1 amide bonds. The average Bonchev–Trinajstić information content (AvgIpc) is 2.51. The van der Waals surface area contributed by atoms with Crippen LogP contribution in [0.3, 0.4) is 0 Å². The van der Waals surface area contributed by atoms with Crippen LogP contribution in [0, 0.1) is 23.7 Å². The summed E-state index contributed by atoms with van der Waals surface area (Å²) >= 11 is 3.39. The van der Waals surface area contributed by atoms with E-state index >= 15 is 0 Å². The van der Waals surface area contributed by atoms with Crippen molar-refractivity contribution >= 4 is 27.9 Å². The van der Waals surface area contributed by atoms with E-state index in [4.69, 9.17) is 21.2 Å². The van der Waals surface area contributed by atoms with Crippen LogP contribution in [0.15, 0.2) is 22.2 Å². The molecule has 0 aliphatic carbocycles. The molecule has 1 aromatic rings. The van der Waals surface area contributed by atoms with Gasteiger partial charge >= 0.3 is 0 Å². The van der Waals surface area contributed by atoms with Crippen molar-refractivity contribution in [3.8, 4) is 29.9 Å². The fourth-order valence-corrected chi connectivity index (χ4v) is 2.31. The molecule has 6 heteroatoms. The number of rotatable bonds is 6. The molecule has 0 unspecified atom stereocenters. The first kappa shape index (κ1) is 18.6. The molecule has 5 nitrogen and oxygen atoms in total. The second-order valence-corrected chi connectivity index (χ2v) is 5.48. The minimum atomic E-state index is -0.366. The van der Waals surface area contributed by atoms with Crippen molar-refractivity contribution in [2.24, 2.45) is 0 Å². The third-order valence-electron chi connectivity index (χ3n) is 2.70. The van der Waals surface area contributed by atoms with Crippen molar-refractivity contribution in [2.75, 3.05) is 27.3 Å². The highest BCUT2D eigenvalue weighted by atomic mass is 79.9. The van der Waals surface area contributed by atoms with Crippen molar-refractivity contribution < 1.29 is 14.3 Å². The Hall–Kier alpha value is -2.44. The summed E-state index contributed by atoms with van der Waals surface area (Å²) in [5.74, 6) is 3.00. The minimum Gasteiger partial charge on any atom is -0.490 e. The van der Waals surface area contributed by atoms with Gasteiger partial charge in [0, 0.05) is 14.1 Å². The highest BCUT2D eigenvalue weighted by Gasteiger charge is 2.14. The Morgan fingerprint density at radius 1 is 1.43 bits per heavy atom. The summed E-state index contributed by atoms with van der Waals surface area (Å²) in [6.07, 6.45) is 6.71. The van der Waals surface area contributed by atoms with E-state index in [2.05, 4.69) is 21.9 Å². The van der Waals surface area contributed by atoms with Gasteiger partial charge in [-0.15, -0.1) is 6.42 Å². The number of hydrogen-bond acceptors (Lipinski definition) is 4. The highest BCUT2D eigenvalue weighted by molar-refractivity contribution is 9.10. The number of carbonyl (C=O) groups excluding carboxylic acids is 1. The van der Waals surface area contributed by atoms with Gasteiger partial charge in [-0.05, 0) is 46.6 Å². The first-order chi connectivity index (χ1) is 10.9. The van der Waals surface area contributed by atoms with E-state index in [1.165, 1.54) is 11.0 Å². The van der Waals surface area contributed by atoms with E-state index in [0.29, 0.717) is 28.1 Å². The van der Waals surface area contributed by atoms with E-state index in [1.807, 2.05) is 13.0 Å². The predicted molar refractivity (Wildman–Crippen MR) is 91.9 cm³/mol. The maximum absolute atomic E-state index is 11.9. The number of likely N-dealkylation sites (N-methyl/N-ethyl adjacent to an activating group) is 1. The molecular formula is C17H17BrN2O3. The summed E-state index contributed by atoms with van der Waals surface area (Å²) in [4.78, 5) is 13.3. The van der Waals surface area contributed by atoms with Crippen LogP contribution in [0.25, 0.3) is 6.08 Å². The number of nitriles is 1. The Morgan fingerprint density at radius 3 is 2.65 bits per heavy atom. The molecule has 0 spiro atoms. The van der Waals surface area contributed by atoms with Crippen molar-refractivity contribution in [2.45, 2.75) is 6.92 Å². The molecule has 120 valence electrons. The number of amides is 1. The van der Waals surface area contributed by atoms with E-state index < -0.39 is 0 Å². The standard InChI is InChI=1S/C17H17BrN2O3/c1-5-7-23-16-14(18)9-12(10-15(16)22-6-2)8-13(11-19)17(21)20(3)4/h1,8-10H,6-7H2,2-4H3/b13-8-. The molecule has 0 N–H and O–H groups in total. The Bertz CT molecular complexity index is 697. The van der Waals surface area contributed by atoms with Gasteiger partial charge < -0.3 is 14.4 Å². The van der Waals surface area contributed by atoms with Crippen LogP contribution < -0.4 is 9.47 Å². The first-order valence-electron chi connectivity index (χ1n) is 6.80. The first-order valence-corrected chi connectivity index (χ1v) is 7.59. The van der Waals surface area contributed by atoms with Gasteiger partial charge in [-0.2, -0.15) is 5.26 Å². The van der Waals surface area contributed by atoms with Crippen LogP contribution in [0.1, 0.15) is 12.5 Å². The van der Waals surface area contributed by atoms with Crippen LogP contribution in [0.4, 0.5) is 0 Å². The van der Waals surface area contributed by atoms with E-state index in [-0.39, 0.29) is 18.1 Å². The molecule has 0 heterocycles. The summed E-state index contributed by atoms with van der Waals surface area (Å²) in [6, 6.07) is 5.33. The molecule has 0 aliphatic heterocycles. The van der Waals surface area contributed by atoms with Gasteiger partial charge in [0.2, 0.25) is 0 Å². The van der Waals surface area contributed by atoms with Crippen LogP contribution in [0.5, 0.6) is 11.5 Å².